The molecule has 2 aromatic carbocycles. The van der Waals surface area contributed by atoms with Crippen LogP contribution in [0, 0.1) is 13.8 Å². The molecular formula is C23H31NO3. The average molecular weight is 370 g/mol. The Kier molecular flexibility index (Phi) is 6.89. The molecule has 1 amide bonds. The summed E-state index contributed by atoms with van der Waals surface area (Å²) in [5.41, 5.74) is 4.34. The first kappa shape index (κ1) is 20.8. The van der Waals surface area contributed by atoms with E-state index < -0.39 is 6.10 Å². The minimum absolute atomic E-state index is 0.121. The van der Waals surface area contributed by atoms with Crippen molar-refractivity contribution in [3.63, 3.8) is 0 Å². The number of aryl methyl sites for hydroxylation is 2. The number of nitrogens with one attached hydrogen (secondary N) is 1. The van der Waals surface area contributed by atoms with Crippen LogP contribution in [-0.2, 0) is 4.79 Å². The van der Waals surface area contributed by atoms with Gasteiger partial charge in [0.05, 0.1) is 13.2 Å². The molecule has 1 N–H and O–H groups in total. The summed E-state index contributed by atoms with van der Waals surface area (Å²) in [5, 5.41) is 3.08. The van der Waals surface area contributed by atoms with Crippen LogP contribution in [0.5, 0.6) is 11.5 Å². The monoisotopic (exact) mass is 369 g/mol. The molecule has 0 aliphatic heterocycles. The fourth-order valence-electron chi connectivity index (χ4n) is 3.15. The first-order valence-electron chi connectivity index (χ1n) is 9.45. The minimum Gasteiger partial charge on any atom is -0.496 e. The van der Waals surface area contributed by atoms with Crippen molar-refractivity contribution in [2.24, 2.45) is 0 Å². The molecule has 146 valence electrons. The third-order valence-corrected chi connectivity index (χ3v) is 4.83. The van der Waals surface area contributed by atoms with Crippen LogP contribution in [0.4, 0.5) is 0 Å². The van der Waals surface area contributed by atoms with E-state index in [0.717, 1.165) is 33.8 Å². The minimum atomic E-state index is -0.573. The van der Waals surface area contributed by atoms with E-state index in [9.17, 15) is 4.79 Å². The van der Waals surface area contributed by atoms with Crippen molar-refractivity contribution in [3.05, 3.63) is 58.7 Å². The zero-order valence-corrected chi connectivity index (χ0v) is 17.4. The zero-order valence-electron chi connectivity index (χ0n) is 17.4. The number of hydrogen-bond donors (Lipinski definition) is 1. The highest BCUT2D eigenvalue weighted by molar-refractivity contribution is 5.81. The quantitative estimate of drug-likeness (QED) is 0.740. The summed E-state index contributed by atoms with van der Waals surface area (Å²) in [6, 6.07) is 11.8. The van der Waals surface area contributed by atoms with Gasteiger partial charge in [-0.25, -0.2) is 0 Å². The first-order chi connectivity index (χ1) is 12.7. The van der Waals surface area contributed by atoms with Crippen molar-refractivity contribution in [3.8, 4) is 11.5 Å². The summed E-state index contributed by atoms with van der Waals surface area (Å²) in [7, 11) is 1.69. The van der Waals surface area contributed by atoms with Gasteiger partial charge in [-0.2, -0.15) is 0 Å². The van der Waals surface area contributed by atoms with Crippen molar-refractivity contribution >= 4 is 5.91 Å². The standard InChI is InChI=1S/C23H31NO3/c1-14(2)19-13-20(16(4)12-22(19)26-7)17(5)24-23(25)18(6)27-21-11-9-8-10-15(21)3/h8-14,17-18H,1-7H3,(H,24,25)/t17-,18+/m1/s1. The maximum atomic E-state index is 12.6. The molecule has 0 aromatic heterocycles. The first-order valence-corrected chi connectivity index (χ1v) is 9.45. The van der Waals surface area contributed by atoms with Crippen LogP contribution in [0.3, 0.4) is 0 Å². The van der Waals surface area contributed by atoms with Crippen LogP contribution in [0.2, 0.25) is 0 Å². The van der Waals surface area contributed by atoms with E-state index >= 15 is 0 Å². The van der Waals surface area contributed by atoms with Crippen LogP contribution in [0.1, 0.15) is 61.9 Å². The highest BCUT2D eigenvalue weighted by atomic mass is 16.5. The van der Waals surface area contributed by atoms with Crippen molar-refractivity contribution in [2.45, 2.75) is 59.6 Å². The Morgan fingerprint density at radius 1 is 0.926 bits per heavy atom. The Labute approximate surface area is 162 Å². The molecule has 0 saturated carbocycles. The van der Waals surface area contributed by atoms with Gasteiger partial charge >= 0.3 is 0 Å². The summed E-state index contributed by atoms with van der Waals surface area (Å²) in [5.74, 6) is 1.83. The van der Waals surface area contributed by atoms with E-state index in [1.54, 1.807) is 14.0 Å². The van der Waals surface area contributed by atoms with Crippen LogP contribution in [-0.4, -0.2) is 19.1 Å². The predicted molar refractivity (Wildman–Crippen MR) is 110 cm³/mol. The molecular weight excluding hydrogens is 338 g/mol. The number of amides is 1. The number of para-hydroxylation sites is 1. The third kappa shape index (κ3) is 5.03. The molecule has 0 radical (unpaired) electrons. The van der Waals surface area contributed by atoms with Gasteiger partial charge in [-0.15, -0.1) is 0 Å². The lowest BCUT2D eigenvalue weighted by molar-refractivity contribution is -0.127. The maximum Gasteiger partial charge on any atom is 0.261 e. The van der Waals surface area contributed by atoms with Gasteiger partial charge in [0.2, 0.25) is 0 Å². The Morgan fingerprint density at radius 3 is 2.19 bits per heavy atom. The fourth-order valence-corrected chi connectivity index (χ4v) is 3.15. The van der Waals surface area contributed by atoms with Crippen LogP contribution < -0.4 is 14.8 Å². The summed E-state index contributed by atoms with van der Waals surface area (Å²) in [6.07, 6.45) is -0.573. The molecule has 0 heterocycles. The van der Waals surface area contributed by atoms with Gasteiger partial charge in [-0.05, 0) is 74.1 Å². The van der Waals surface area contributed by atoms with Crippen LogP contribution in [0.25, 0.3) is 0 Å². The molecule has 2 aromatic rings. The number of methoxy groups -OCH3 is 1. The normalized spacial score (nSPS) is 13.2. The van der Waals surface area contributed by atoms with E-state index in [2.05, 4.69) is 25.2 Å². The summed E-state index contributed by atoms with van der Waals surface area (Å²) in [6.45, 7) is 12.1. The lowest BCUT2D eigenvalue weighted by Gasteiger charge is -2.23. The largest absolute Gasteiger partial charge is 0.496 e. The van der Waals surface area contributed by atoms with Gasteiger partial charge in [0.25, 0.3) is 5.91 Å². The number of ether oxygens (including phenoxy) is 2. The average Bonchev–Trinajstić information content (AvgIpc) is 2.62. The Hall–Kier alpha value is -2.49. The van der Waals surface area contributed by atoms with Gasteiger partial charge in [0, 0.05) is 0 Å². The molecule has 0 bridgehead atoms. The molecule has 0 saturated heterocycles. The SMILES string of the molecule is COc1cc(C)c([C@@H](C)NC(=O)[C@H](C)Oc2ccccc2C)cc1C(C)C. The number of carbonyl (C=O) groups is 1. The summed E-state index contributed by atoms with van der Waals surface area (Å²) in [4.78, 5) is 12.6. The molecule has 0 aliphatic carbocycles. The molecule has 2 atom stereocenters. The van der Waals surface area contributed by atoms with Crippen molar-refractivity contribution < 1.29 is 14.3 Å². The van der Waals surface area contributed by atoms with Gasteiger partial charge < -0.3 is 14.8 Å². The van der Waals surface area contributed by atoms with Crippen molar-refractivity contribution in [2.75, 3.05) is 7.11 Å². The number of hydrogen-bond acceptors (Lipinski definition) is 3. The molecule has 4 heteroatoms. The predicted octanol–water partition coefficient (Wildman–Crippen LogP) is 5.08. The molecule has 0 fully saturated rings. The van der Waals surface area contributed by atoms with Gasteiger partial charge in [0.15, 0.2) is 6.10 Å². The second-order valence-corrected chi connectivity index (χ2v) is 7.36. The lowest BCUT2D eigenvalue weighted by Crippen LogP contribution is -2.38. The molecule has 0 aliphatic rings. The number of rotatable bonds is 7. The fraction of sp³-hybridized carbons (Fsp3) is 0.435. The van der Waals surface area contributed by atoms with Crippen molar-refractivity contribution in [1.82, 2.24) is 5.32 Å². The van der Waals surface area contributed by atoms with E-state index in [1.165, 1.54) is 0 Å². The van der Waals surface area contributed by atoms with E-state index in [-0.39, 0.29) is 11.9 Å². The molecule has 4 nitrogen and oxygen atoms in total. The van der Waals surface area contributed by atoms with E-state index in [1.807, 2.05) is 51.1 Å². The molecule has 2 rings (SSSR count). The van der Waals surface area contributed by atoms with E-state index in [4.69, 9.17) is 9.47 Å². The van der Waals surface area contributed by atoms with Gasteiger partial charge in [-0.1, -0.05) is 32.0 Å². The molecule has 0 unspecified atom stereocenters. The van der Waals surface area contributed by atoms with Crippen molar-refractivity contribution in [1.29, 1.82) is 0 Å². The zero-order chi connectivity index (χ0) is 20.1. The van der Waals surface area contributed by atoms with Gasteiger partial charge in [0.1, 0.15) is 11.5 Å². The smallest absolute Gasteiger partial charge is 0.261 e. The molecule has 0 spiro atoms. The second kappa shape index (κ2) is 8.94. The number of carbonyl (C=O) groups excluding carboxylic acids is 1. The Bertz CT molecular complexity index is 798. The van der Waals surface area contributed by atoms with Gasteiger partial charge in [-0.3, -0.25) is 4.79 Å². The number of benzene rings is 2. The second-order valence-electron chi connectivity index (χ2n) is 7.36. The van der Waals surface area contributed by atoms with Crippen LogP contribution in [0.15, 0.2) is 36.4 Å². The third-order valence-electron chi connectivity index (χ3n) is 4.83. The van der Waals surface area contributed by atoms with Crippen LogP contribution >= 0.6 is 0 Å². The highest BCUT2D eigenvalue weighted by Gasteiger charge is 2.21. The Balaban J connectivity index is 2.14. The van der Waals surface area contributed by atoms with E-state index in [0.29, 0.717) is 5.92 Å². The topological polar surface area (TPSA) is 47.6 Å². The highest BCUT2D eigenvalue weighted by Crippen LogP contribution is 2.32. The summed E-state index contributed by atoms with van der Waals surface area (Å²) >= 11 is 0. The lowest BCUT2D eigenvalue weighted by atomic mass is 9.93. The summed E-state index contributed by atoms with van der Waals surface area (Å²) < 4.78 is 11.4. The Morgan fingerprint density at radius 2 is 1.59 bits per heavy atom. The maximum absolute atomic E-state index is 12.6. The molecule has 27 heavy (non-hydrogen) atoms.